The maximum absolute atomic E-state index is 11.2. The number of anilines is 1. The SMILES string of the molecule is Cc1nc2ccccc2n1CCNc1ccc([N+](=O)[O-])c2cnccc12. The number of nitro groups is 1. The van der Waals surface area contributed by atoms with Crippen molar-refractivity contribution in [3.8, 4) is 0 Å². The summed E-state index contributed by atoms with van der Waals surface area (Å²) in [6, 6.07) is 13.1. The van der Waals surface area contributed by atoms with Crippen LogP contribution in [0.1, 0.15) is 5.82 Å². The van der Waals surface area contributed by atoms with E-state index in [4.69, 9.17) is 0 Å². The largest absolute Gasteiger partial charge is 0.383 e. The fourth-order valence-electron chi connectivity index (χ4n) is 3.27. The zero-order valence-corrected chi connectivity index (χ0v) is 14.2. The minimum atomic E-state index is -0.380. The number of non-ortho nitro benzene ring substituents is 1. The minimum absolute atomic E-state index is 0.0649. The quantitative estimate of drug-likeness (QED) is 0.437. The van der Waals surface area contributed by atoms with Gasteiger partial charge in [-0.15, -0.1) is 0 Å². The molecule has 0 amide bonds. The Kier molecular flexibility index (Phi) is 3.96. The van der Waals surface area contributed by atoms with Gasteiger partial charge >= 0.3 is 0 Å². The summed E-state index contributed by atoms with van der Waals surface area (Å²) < 4.78 is 2.16. The van der Waals surface area contributed by atoms with E-state index in [2.05, 4.69) is 25.9 Å². The lowest BCUT2D eigenvalue weighted by molar-refractivity contribution is -0.383. The molecule has 0 saturated heterocycles. The molecule has 4 aromatic rings. The van der Waals surface area contributed by atoms with Crippen LogP contribution in [0.15, 0.2) is 54.9 Å². The van der Waals surface area contributed by atoms with E-state index in [1.807, 2.05) is 25.1 Å². The van der Waals surface area contributed by atoms with Gasteiger partial charge in [0.2, 0.25) is 0 Å². The van der Waals surface area contributed by atoms with Gasteiger partial charge in [-0.25, -0.2) is 4.98 Å². The van der Waals surface area contributed by atoms with Gasteiger partial charge in [-0.2, -0.15) is 0 Å². The Labute approximate surface area is 149 Å². The molecule has 0 bridgehead atoms. The molecule has 0 spiro atoms. The maximum Gasteiger partial charge on any atom is 0.278 e. The molecule has 0 unspecified atom stereocenters. The Morgan fingerprint density at radius 3 is 2.85 bits per heavy atom. The Balaban J connectivity index is 1.60. The lowest BCUT2D eigenvalue weighted by atomic mass is 10.1. The van der Waals surface area contributed by atoms with Crippen molar-refractivity contribution in [2.75, 3.05) is 11.9 Å². The molecule has 0 fully saturated rings. The van der Waals surface area contributed by atoms with E-state index in [1.165, 1.54) is 12.3 Å². The van der Waals surface area contributed by atoms with Crippen LogP contribution in [0.4, 0.5) is 11.4 Å². The summed E-state index contributed by atoms with van der Waals surface area (Å²) in [7, 11) is 0. The summed E-state index contributed by atoms with van der Waals surface area (Å²) in [4.78, 5) is 19.4. The molecule has 26 heavy (non-hydrogen) atoms. The topological polar surface area (TPSA) is 85.9 Å². The van der Waals surface area contributed by atoms with Crippen LogP contribution in [0.25, 0.3) is 21.8 Å². The van der Waals surface area contributed by atoms with E-state index in [9.17, 15) is 10.1 Å². The van der Waals surface area contributed by atoms with Crippen molar-refractivity contribution < 1.29 is 4.92 Å². The molecule has 0 radical (unpaired) electrons. The molecule has 1 N–H and O–H groups in total. The fourth-order valence-corrected chi connectivity index (χ4v) is 3.27. The number of hydrogen-bond donors (Lipinski definition) is 1. The van der Waals surface area contributed by atoms with Crippen molar-refractivity contribution >= 4 is 33.2 Å². The third kappa shape index (κ3) is 2.73. The first-order valence-electron chi connectivity index (χ1n) is 8.32. The zero-order chi connectivity index (χ0) is 18.1. The van der Waals surface area contributed by atoms with Crippen LogP contribution in [-0.4, -0.2) is 26.0 Å². The third-order valence-electron chi connectivity index (χ3n) is 4.49. The molecule has 7 heteroatoms. The lowest BCUT2D eigenvalue weighted by Crippen LogP contribution is -2.12. The molecular weight excluding hydrogens is 330 g/mol. The number of imidazole rings is 1. The number of fused-ring (bicyclic) bond motifs is 2. The molecule has 0 aliphatic heterocycles. The summed E-state index contributed by atoms with van der Waals surface area (Å²) in [6.45, 7) is 3.42. The second-order valence-electron chi connectivity index (χ2n) is 6.04. The first kappa shape index (κ1) is 16.0. The summed E-state index contributed by atoms with van der Waals surface area (Å²) in [5.74, 6) is 0.964. The molecule has 130 valence electrons. The van der Waals surface area contributed by atoms with Crippen molar-refractivity contribution in [3.05, 3.63) is 70.8 Å². The average Bonchev–Trinajstić information content (AvgIpc) is 2.97. The van der Waals surface area contributed by atoms with Crippen molar-refractivity contribution in [1.82, 2.24) is 14.5 Å². The number of rotatable bonds is 5. The van der Waals surface area contributed by atoms with Gasteiger partial charge in [0.1, 0.15) is 5.82 Å². The Morgan fingerprint density at radius 1 is 1.15 bits per heavy atom. The van der Waals surface area contributed by atoms with Gasteiger partial charge in [0, 0.05) is 42.6 Å². The second kappa shape index (κ2) is 6.44. The predicted molar refractivity (Wildman–Crippen MR) is 101 cm³/mol. The molecule has 2 aromatic heterocycles. The van der Waals surface area contributed by atoms with Gasteiger partial charge in [0.25, 0.3) is 5.69 Å². The molecule has 2 aromatic carbocycles. The first-order chi connectivity index (χ1) is 12.6. The number of nitrogens with one attached hydrogen (secondary N) is 1. The number of aryl methyl sites for hydroxylation is 1. The van der Waals surface area contributed by atoms with Gasteiger partial charge in [-0.05, 0) is 31.2 Å². The molecule has 4 rings (SSSR count). The number of pyridine rings is 1. The number of nitrogens with zero attached hydrogens (tertiary/aromatic N) is 4. The molecule has 0 atom stereocenters. The van der Waals surface area contributed by atoms with E-state index in [1.54, 1.807) is 18.3 Å². The van der Waals surface area contributed by atoms with Crippen LogP contribution in [-0.2, 0) is 6.54 Å². The highest BCUT2D eigenvalue weighted by atomic mass is 16.6. The third-order valence-corrected chi connectivity index (χ3v) is 4.49. The fraction of sp³-hybridized carbons (Fsp3) is 0.158. The Bertz CT molecular complexity index is 1120. The van der Waals surface area contributed by atoms with E-state index < -0.39 is 0 Å². The minimum Gasteiger partial charge on any atom is -0.383 e. The standard InChI is InChI=1S/C19H17N5O2/c1-13-22-17-4-2-3-5-19(17)23(13)11-10-21-16-6-7-18(24(25)26)15-12-20-9-8-14(15)16/h2-9,12,21H,10-11H2,1H3. The average molecular weight is 347 g/mol. The molecular formula is C19H17N5O2. The van der Waals surface area contributed by atoms with Crippen LogP contribution >= 0.6 is 0 Å². The molecule has 0 aliphatic carbocycles. The summed E-state index contributed by atoms with van der Waals surface area (Å²) in [5, 5.41) is 15.9. The summed E-state index contributed by atoms with van der Waals surface area (Å²) >= 11 is 0. The zero-order valence-electron chi connectivity index (χ0n) is 14.2. The van der Waals surface area contributed by atoms with Gasteiger partial charge in [0.15, 0.2) is 0 Å². The Morgan fingerprint density at radius 2 is 2.00 bits per heavy atom. The van der Waals surface area contributed by atoms with Crippen molar-refractivity contribution in [3.63, 3.8) is 0 Å². The first-order valence-corrected chi connectivity index (χ1v) is 8.32. The van der Waals surface area contributed by atoms with Crippen molar-refractivity contribution in [1.29, 1.82) is 0 Å². The van der Waals surface area contributed by atoms with Gasteiger partial charge in [0.05, 0.1) is 21.3 Å². The second-order valence-corrected chi connectivity index (χ2v) is 6.04. The highest BCUT2D eigenvalue weighted by Gasteiger charge is 2.14. The monoisotopic (exact) mass is 347 g/mol. The van der Waals surface area contributed by atoms with Crippen molar-refractivity contribution in [2.45, 2.75) is 13.5 Å². The summed E-state index contributed by atoms with van der Waals surface area (Å²) in [5.41, 5.74) is 3.01. The number of aromatic nitrogens is 3. The highest BCUT2D eigenvalue weighted by molar-refractivity contribution is 5.99. The van der Waals surface area contributed by atoms with Crippen LogP contribution in [0.3, 0.4) is 0 Å². The lowest BCUT2D eigenvalue weighted by Gasteiger charge is -2.12. The van der Waals surface area contributed by atoms with Crippen LogP contribution in [0, 0.1) is 17.0 Å². The van der Waals surface area contributed by atoms with Crippen LogP contribution in [0.5, 0.6) is 0 Å². The highest BCUT2D eigenvalue weighted by Crippen LogP contribution is 2.30. The van der Waals surface area contributed by atoms with E-state index in [-0.39, 0.29) is 10.6 Å². The summed E-state index contributed by atoms with van der Waals surface area (Å²) in [6.07, 6.45) is 3.18. The number of nitro benzene ring substituents is 1. The van der Waals surface area contributed by atoms with Gasteiger partial charge < -0.3 is 9.88 Å². The number of para-hydroxylation sites is 2. The maximum atomic E-state index is 11.2. The smallest absolute Gasteiger partial charge is 0.278 e. The van der Waals surface area contributed by atoms with E-state index >= 15 is 0 Å². The molecule has 2 heterocycles. The van der Waals surface area contributed by atoms with Crippen molar-refractivity contribution in [2.24, 2.45) is 0 Å². The van der Waals surface area contributed by atoms with Crippen LogP contribution < -0.4 is 5.32 Å². The Hall–Kier alpha value is -3.48. The van der Waals surface area contributed by atoms with E-state index in [0.29, 0.717) is 11.9 Å². The van der Waals surface area contributed by atoms with Crippen LogP contribution in [0.2, 0.25) is 0 Å². The molecule has 0 saturated carbocycles. The number of hydrogen-bond acceptors (Lipinski definition) is 5. The molecule has 0 aliphatic rings. The predicted octanol–water partition coefficient (Wildman–Crippen LogP) is 3.91. The van der Waals surface area contributed by atoms with Gasteiger partial charge in [-0.1, -0.05) is 12.1 Å². The number of benzene rings is 2. The molecule has 7 nitrogen and oxygen atoms in total. The normalized spacial score (nSPS) is 11.1. The van der Waals surface area contributed by atoms with Gasteiger partial charge in [-0.3, -0.25) is 15.1 Å². The van der Waals surface area contributed by atoms with E-state index in [0.717, 1.165) is 34.5 Å².